The molecule has 0 radical (unpaired) electrons. The summed E-state index contributed by atoms with van der Waals surface area (Å²) in [6, 6.07) is -8.41. The minimum absolute atomic E-state index is 0.772. The highest BCUT2D eigenvalue weighted by Gasteiger charge is 2.97. The molecule has 0 fully saturated rings. The largest absolute Gasteiger partial charge is 0.790 e. The Hall–Kier alpha value is -1.91. The number of hydrogen-bond donors (Lipinski definition) is 0. The molecule has 8 nitrogen and oxygen atoms in total. The summed E-state index contributed by atoms with van der Waals surface area (Å²) >= 11 is 0. The van der Waals surface area contributed by atoms with E-state index in [1.165, 1.54) is 4.74 Å². The summed E-state index contributed by atoms with van der Waals surface area (Å²) in [5.41, 5.74) is 0. The molecule has 37 heteroatoms. The van der Waals surface area contributed by atoms with E-state index >= 15 is 0 Å². The number of halogens is 27. The molecule has 0 heterocycles. The van der Waals surface area contributed by atoms with Gasteiger partial charge in [-0.25, -0.2) is 13.2 Å². The van der Waals surface area contributed by atoms with Crippen molar-refractivity contribution in [1.82, 2.24) is 4.31 Å². The van der Waals surface area contributed by atoms with Crippen LogP contribution < -0.4 is 9.79 Å². The molecule has 0 aliphatic rings. The van der Waals surface area contributed by atoms with Crippen molar-refractivity contribution in [1.29, 1.82) is 0 Å². The van der Waals surface area contributed by atoms with Crippen LogP contribution in [0.3, 0.4) is 0 Å². The van der Waals surface area contributed by atoms with Gasteiger partial charge < -0.3 is 14.4 Å². The summed E-state index contributed by atoms with van der Waals surface area (Å²) in [6.45, 7) is -4.18. The van der Waals surface area contributed by atoms with Gasteiger partial charge >= 0.3 is 77.3 Å². The van der Waals surface area contributed by atoms with E-state index in [0.717, 1.165) is 0 Å². The van der Waals surface area contributed by atoms with Gasteiger partial charge in [0.1, 0.15) is 0 Å². The Morgan fingerprint density at radius 3 is 1.10 bits per heavy atom. The smallest absolute Gasteiger partial charge is 0.460 e. The van der Waals surface area contributed by atoms with Crippen molar-refractivity contribution in [3.8, 4) is 0 Å². The van der Waals surface area contributed by atoms with Gasteiger partial charge in [0.25, 0.3) is 10.0 Å². The number of phosphoric ester groups is 1. The van der Waals surface area contributed by atoms with E-state index < -0.39 is 113 Å². The van der Waals surface area contributed by atoms with Gasteiger partial charge in [-0.2, -0.15) is 119 Å². The lowest BCUT2D eigenvalue weighted by Gasteiger charge is -2.44. The molecule has 0 saturated carbocycles. The minimum Gasteiger partial charge on any atom is -0.790 e. The first-order valence-electron chi connectivity index (χ1n) is 10.9. The second kappa shape index (κ2) is 12.8. The van der Waals surface area contributed by atoms with Crippen LogP contribution in [0.15, 0.2) is 0 Å². The van der Waals surface area contributed by atoms with E-state index in [1.807, 2.05) is 0 Å². The topological polar surface area (TPSA) is 119 Å². The Labute approximate surface area is 264 Å². The molecule has 0 aliphatic carbocycles. The first-order chi connectivity index (χ1) is 21.9. The SMILES string of the molecule is CCN(C(F)(F)C(F)(F)C(F)(F)OC(F)(F)C(F)(F)OP(=O)([O-])[O-])S(=O)(=O)C(F)(F)C(F)(F)C(F)(F)C(F)(F)C(F)(F)C(F)(F)C(F)(F)C(F)(F)F. The summed E-state index contributed by atoms with van der Waals surface area (Å²) in [6.07, 6.45) is -32.0. The zero-order valence-corrected chi connectivity index (χ0v) is 24.3. The summed E-state index contributed by atoms with van der Waals surface area (Å²) in [7, 11) is -17.2. The molecule has 52 heavy (non-hydrogen) atoms. The van der Waals surface area contributed by atoms with E-state index in [-0.39, 0.29) is 0 Å². The highest BCUT2D eigenvalue weighted by Crippen LogP contribution is 2.65. The average molecular weight is 887 g/mol. The highest BCUT2D eigenvalue weighted by molar-refractivity contribution is 7.90. The van der Waals surface area contributed by atoms with E-state index in [0.29, 0.717) is 0 Å². The zero-order chi connectivity index (χ0) is 43.2. The number of nitrogens with zero attached hydrogens (tertiary/aromatic N) is 1. The molecule has 0 rings (SSSR count). The fourth-order valence-corrected chi connectivity index (χ4v) is 4.65. The molecule has 0 aliphatic heterocycles. The zero-order valence-electron chi connectivity index (χ0n) is 22.6. The maximum Gasteiger partial charge on any atom is 0.460 e. The molecule has 0 atom stereocenters. The van der Waals surface area contributed by atoms with Crippen LogP contribution >= 0.6 is 7.82 Å². The van der Waals surface area contributed by atoms with E-state index in [2.05, 4.69) is 0 Å². The quantitative estimate of drug-likeness (QED) is 0.0934. The third-order valence-corrected chi connectivity index (χ3v) is 7.90. The van der Waals surface area contributed by atoms with Crippen LogP contribution in [-0.2, 0) is 23.8 Å². The van der Waals surface area contributed by atoms with E-state index in [9.17, 15) is 141 Å². The van der Waals surface area contributed by atoms with Crippen LogP contribution in [0.4, 0.5) is 119 Å². The minimum atomic E-state index is -9.62. The second-order valence-corrected chi connectivity index (χ2v) is 11.9. The monoisotopic (exact) mass is 887 g/mol. The van der Waals surface area contributed by atoms with Crippen molar-refractivity contribution >= 4 is 17.8 Å². The Balaban J connectivity index is 7.47. The van der Waals surface area contributed by atoms with Crippen LogP contribution in [0.2, 0.25) is 0 Å². The van der Waals surface area contributed by atoms with Crippen molar-refractivity contribution in [3.63, 3.8) is 0 Å². The van der Waals surface area contributed by atoms with Gasteiger partial charge in [-0.1, -0.05) is 6.92 Å². The molecule has 0 amide bonds. The number of phosphoric acid groups is 1. The van der Waals surface area contributed by atoms with Crippen molar-refractivity contribution in [3.05, 3.63) is 0 Å². The average Bonchev–Trinajstić information content (AvgIpc) is 2.84. The third kappa shape index (κ3) is 7.04. The van der Waals surface area contributed by atoms with Gasteiger partial charge in [-0.15, -0.1) is 4.31 Å². The maximum atomic E-state index is 14.3. The van der Waals surface area contributed by atoms with Crippen molar-refractivity contribution < 1.29 is 151 Å². The fourth-order valence-electron chi connectivity index (χ4n) is 2.78. The summed E-state index contributed by atoms with van der Waals surface area (Å²) in [5.74, 6) is -64.7. The molecule has 314 valence electrons. The van der Waals surface area contributed by atoms with Crippen LogP contribution in [0, 0.1) is 0 Å². The van der Waals surface area contributed by atoms with Crippen LogP contribution in [0.5, 0.6) is 0 Å². The highest BCUT2D eigenvalue weighted by atomic mass is 32.2. The normalized spacial score (nSPS) is 16.9. The predicted octanol–water partition coefficient (Wildman–Crippen LogP) is 6.47. The summed E-state index contributed by atoms with van der Waals surface area (Å²) < 4.78 is 397. The van der Waals surface area contributed by atoms with Gasteiger partial charge in [-0.3, -0.25) is 4.52 Å². The Bertz CT molecular complexity index is 1470. The Kier molecular flexibility index (Phi) is 12.4. The Morgan fingerprint density at radius 1 is 0.500 bits per heavy atom. The molecule has 0 saturated heterocycles. The van der Waals surface area contributed by atoms with Crippen LogP contribution in [0.1, 0.15) is 6.92 Å². The molecule has 0 aromatic heterocycles. The van der Waals surface area contributed by atoms with Gasteiger partial charge in [0.2, 0.25) is 0 Å². The van der Waals surface area contributed by atoms with E-state index in [4.69, 9.17) is 0 Å². The molecule has 0 unspecified atom stereocenters. The van der Waals surface area contributed by atoms with Gasteiger partial charge in [0.05, 0.1) is 7.82 Å². The van der Waals surface area contributed by atoms with Gasteiger partial charge in [-0.05, 0) is 0 Å². The van der Waals surface area contributed by atoms with Crippen molar-refractivity contribution in [2.24, 2.45) is 0 Å². The lowest BCUT2D eigenvalue weighted by atomic mass is 9.91. The van der Waals surface area contributed by atoms with Gasteiger partial charge in [0, 0.05) is 6.54 Å². The predicted molar refractivity (Wildman–Crippen MR) is 96.5 cm³/mol. The first kappa shape index (κ1) is 50.1. The molecule has 0 bridgehead atoms. The van der Waals surface area contributed by atoms with Crippen molar-refractivity contribution in [2.75, 3.05) is 6.54 Å². The van der Waals surface area contributed by atoms with Gasteiger partial charge in [0.15, 0.2) is 0 Å². The Morgan fingerprint density at radius 2 is 0.808 bits per heavy atom. The number of alkyl halides is 27. The second-order valence-electron chi connectivity index (χ2n) is 8.94. The molecule has 0 aromatic carbocycles. The summed E-state index contributed by atoms with van der Waals surface area (Å²) in [4.78, 5) is 20.0. The molecule has 0 aromatic rings. The number of hydrogen-bond acceptors (Lipinski definition) is 7. The summed E-state index contributed by atoms with van der Waals surface area (Å²) in [5, 5.41) is -9.12. The van der Waals surface area contributed by atoms with Crippen LogP contribution in [-0.4, -0.2) is 96.5 Å². The third-order valence-electron chi connectivity index (χ3n) is 5.47. The lowest BCUT2D eigenvalue weighted by Crippen LogP contribution is -2.76. The van der Waals surface area contributed by atoms with Crippen molar-refractivity contribution in [2.45, 2.75) is 84.2 Å². The number of sulfonamides is 1. The van der Waals surface area contributed by atoms with Crippen LogP contribution in [0.25, 0.3) is 0 Å². The number of ether oxygens (including phenoxy) is 1. The lowest BCUT2D eigenvalue weighted by molar-refractivity contribution is -0.518. The number of rotatable bonds is 17. The van der Waals surface area contributed by atoms with E-state index in [1.54, 1.807) is 4.52 Å². The standard InChI is InChI=1S/C15H7F27NO7PS/c1-2-43(11(33,34)9(28,29)12(35,36)49-13(37,38)14(39,40)50-51(44,45)46)52(47,48)15(41,42)8(26,27)6(22,23)4(18,19)3(16,17)5(20,21)7(24,25)10(30,31)32/h2H2,1H3,(H2,44,45,46)/p-2. The molecular weight excluding hydrogens is 882 g/mol. The molecule has 0 N–H and O–H groups in total. The fraction of sp³-hybridized carbons (Fsp3) is 1.00. The molecular formula is C15H5F27NO7PS-2. The first-order valence-corrected chi connectivity index (χ1v) is 13.8. The molecule has 0 spiro atoms. The maximum absolute atomic E-state index is 14.3.